The molecule has 0 radical (unpaired) electrons. The van der Waals surface area contributed by atoms with E-state index in [1.807, 2.05) is 0 Å². The topological polar surface area (TPSA) is 44.5 Å². The zero-order valence-electron chi connectivity index (χ0n) is 12.2. The van der Waals surface area contributed by atoms with Crippen molar-refractivity contribution < 1.29 is 9.31 Å². The molecule has 108 valence electrons. The van der Waals surface area contributed by atoms with Crippen LogP contribution in [0.15, 0.2) is 0 Å². The third-order valence-electron chi connectivity index (χ3n) is 5.99. The summed E-state index contributed by atoms with van der Waals surface area (Å²) in [6.07, 6.45) is 4.43. The van der Waals surface area contributed by atoms with Gasteiger partial charge in [-0.15, -0.1) is 11.6 Å². The first kappa shape index (κ1) is 14.2. The standard InChI is InChI=1S/C14H25BClNO2/c1-13(2)9-7-10(13)14(3)11(8-9)18-15(19-14)12(17)5-4-6-16/h9-12H,4-8,17H2,1-3H3. The van der Waals surface area contributed by atoms with Gasteiger partial charge in [-0.2, -0.15) is 0 Å². The van der Waals surface area contributed by atoms with Gasteiger partial charge in [0.2, 0.25) is 0 Å². The SMILES string of the molecule is CC1(C)C2CC3OB(C(N)CCCCl)OC3(C)C1C2. The van der Waals surface area contributed by atoms with Gasteiger partial charge in [0.15, 0.2) is 0 Å². The minimum absolute atomic E-state index is 0.0542. The van der Waals surface area contributed by atoms with Crippen LogP contribution in [0.4, 0.5) is 0 Å². The Morgan fingerprint density at radius 3 is 2.74 bits per heavy atom. The summed E-state index contributed by atoms with van der Waals surface area (Å²) in [4.78, 5) is 0. The number of hydrogen-bond donors (Lipinski definition) is 1. The molecule has 3 saturated carbocycles. The average molecular weight is 286 g/mol. The number of rotatable bonds is 4. The molecule has 3 nitrogen and oxygen atoms in total. The highest BCUT2D eigenvalue weighted by Crippen LogP contribution is 2.65. The summed E-state index contributed by atoms with van der Waals surface area (Å²) in [7, 11) is -0.242. The van der Waals surface area contributed by atoms with E-state index in [-0.39, 0.29) is 24.8 Å². The molecule has 1 saturated heterocycles. The predicted molar refractivity (Wildman–Crippen MR) is 78.0 cm³/mol. The minimum atomic E-state index is -0.242. The summed E-state index contributed by atoms with van der Waals surface area (Å²) in [6, 6.07) is 0. The van der Waals surface area contributed by atoms with Crippen LogP contribution in [0, 0.1) is 17.3 Å². The monoisotopic (exact) mass is 285 g/mol. The van der Waals surface area contributed by atoms with Gasteiger partial charge in [0, 0.05) is 11.8 Å². The second kappa shape index (κ2) is 4.62. The highest BCUT2D eigenvalue weighted by atomic mass is 35.5. The molecule has 4 aliphatic rings. The molecule has 0 aromatic heterocycles. The van der Waals surface area contributed by atoms with Gasteiger partial charge in [0.1, 0.15) is 0 Å². The van der Waals surface area contributed by atoms with Gasteiger partial charge in [-0.3, -0.25) is 0 Å². The first-order chi connectivity index (χ1) is 8.89. The fourth-order valence-electron chi connectivity index (χ4n) is 4.53. The molecule has 2 bridgehead atoms. The smallest absolute Gasteiger partial charge is 0.404 e. The van der Waals surface area contributed by atoms with Crippen molar-refractivity contribution in [2.24, 2.45) is 23.0 Å². The lowest BCUT2D eigenvalue weighted by atomic mass is 9.43. The molecular weight excluding hydrogens is 260 g/mol. The maximum absolute atomic E-state index is 6.31. The second-order valence-corrected chi connectivity index (χ2v) is 7.71. The fourth-order valence-corrected chi connectivity index (χ4v) is 4.69. The molecule has 0 spiro atoms. The molecular formula is C14H25BClNO2. The Morgan fingerprint density at radius 2 is 2.11 bits per heavy atom. The predicted octanol–water partition coefficient (Wildman–Crippen LogP) is 2.60. The quantitative estimate of drug-likeness (QED) is 0.638. The molecule has 2 N–H and O–H groups in total. The van der Waals surface area contributed by atoms with E-state index < -0.39 is 0 Å². The van der Waals surface area contributed by atoms with Crippen LogP contribution in [-0.4, -0.2) is 30.6 Å². The molecule has 0 aromatic carbocycles. The van der Waals surface area contributed by atoms with Gasteiger partial charge < -0.3 is 15.0 Å². The van der Waals surface area contributed by atoms with E-state index in [1.165, 1.54) is 6.42 Å². The Balaban J connectivity index is 1.70. The van der Waals surface area contributed by atoms with Crippen molar-refractivity contribution >= 4 is 18.7 Å². The lowest BCUT2D eigenvalue weighted by Crippen LogP contribution is -2.65. The van der Waals surface area contributed by atoms with Crippen LogP contribution < -0.4 is 5.73 Å². The first-order valence-electron chi connectivity index (χ1n) is 7.54. The van der Waals surface area contributed by atoms with Crippen LogP contribution >= 0.6 is 11.6 Å². The molecule has 1 heterocycles. The van der Waals surface area contributed by atoms with E-state index in [0.717, 1.165) is 25.2 Å². The molecule has 0 aromatic rings. The van der Waals surface area contributed by atoms with Crippen molar-refractivity contribution in [1.82, 2.24) is 0 Å². The highest BCUT2D eigenvalue weighted by molar-refractivity contribution is 6.47. The van der Waals surface area contributed by atoms with Crippen LogP contribution in [0.2, 0.25) is 0 Å². The Morgan fingerprint density at radius 1 is 1.37 bits per heavy atom. The van der Waals surface area contributed by atoms with Gasteiger partial charge in [-0.1, -0.05) is 13.8 Å². The average Bonchev–Trinajstić information content (AvgIpc) is 2.72. The third kappa shape index (κ3) is 1.98. The maximum Gasteiger partial charge on any atom is 0.475 e. The van der Waals surface area contributed by atoms with Crippen LogP contribution in [-0.2, 0) is 9.31 Å². The van der Waals surface area contributed by atoms with Crippen LogP contribution in [0.3, 0.4) is 0 Å². The molecule has 1 aliphatic heterocycles. The number of nitrogens with two attached hydrogens (primary N) is 1. The van der Waals surface area contributed by atoms with E-state index in [2.05, 4.69) is 20.8 Å². The summed E-state index contributed by atoms with van der Waals surface area (Å²) in [5.41, 5.74) is 6.45. The lowest BCUT2D eigenvalue weighted by molar-refractivity contribution is -0.199. The number of alkyl halides is 1. The minimum Gasteiger partial charge on any atom is -0.404 e. The largest absolute Gasteiger partial charge is 0.475 e. The zero-order valence-corrected chi connectivity index (χ0v) is 13.0. The molecule has 19 heavy (non-hydrogen) atoms. The van der Waals surface area contributed by atoms with Crippen molar-refractivity contribution in [1.29, 1.82) is 0 Å². The molecule has 0 amide bonds. The van der Waals surface area contributed by atoms with Gasteiger partial charge in [-0.25, -0.2) is 0 Å². The second-order valence-electron chi connectivity index (χ2n) is 7.33. The Hall–Kier alpha value is 0.235. The Kier molecular flexibility index (Phi) is 3.45. The van der Waals surface area contributed by atoms with Gasteiger partial charge in [0.25, 0.3) is 0 Å². The molecule has 4 fully saturated rings. The summed E-state index contributed by atoms with van der Waals surface area (Å²) in [5.74, 6) is 1.99. The van der Waals surface area contributed by atoms with E-state index in [4.69, 9.17) is 26.6 Å². The van der Waals surface area contributed by atoms with Crippen LogP contribution in [0.1, 0.15) is 46.5 Å². The summed E-state index contributed by atoms with van der Waals surface area (Å²) in [6.45, 7) is 6.97. The third-order valence-corrected chi connectivity index (χ3v) is 6.26. The molecule has 4 rings (SSSR count). The molecule has 3 aliphatic carbocycles. The zero-order chi connectivity index (χ0) is 13.8. The van der Waals surface area contributed by atoms with Crippen molar-refractivity contribution in [3.63, 3.8) is 0 Å². The van der Waals surface area contributed by atoms with E-state index in [9.17, 15) is 0 Å². The Bertz CT molecular complexity index is 367. The number of halogens is 1. The van der Waals surface area contributed by atoms with Gasteiger partial charge in [0.05, 0.1) is 11.7 Å². The van der Waals surface area contributed by atoms with E-state index in [1.54, 1.807) is 0 Å². The normalized spacial score (nSPS) is 44.7. The van der Waals surface area contributed by atoms with Gasteiger partial charge >= 0.3 is 7.12 Å². The first-order valence-corrected chi connectivity index (χ1v) is 8.08. The summed E-state index contributed by atoms with van der Waals surface area (Å²) < 4.78 is 12.4. The Labute approximate surface area is 121 Å². The fraction of sp³-hybridized carbons (Fsp3) is 1.00. The van der Waals surface area contributed by atoms with Crippen LogP contribution in [0.25, 0.3) is 0 Å². The van der Waals surface area contributed by atoms with Crippen molar-refractivity contribution in [2.75, 3.05) is 5.88 Å². The number of hydrogen-bond acceptors (Lipinski definition) is 3. The van der Waals surface area contributed by atoms with E-state index >= 15 is 0 Å². The van der Waals surface area contributed by atoms with Crippen LogP contribution in [0.5, 0.6) is 0 Å². The van der Waals surface area contributed by atoms with Crippen molar-refractivity contribution in [3.05, 3.63) is 0 Å². The van der Waals surface area contributed by atoms with E-state index in [0.29, 0.717) is 17.2 Å². The highest BCUT2D eigenvalue weighted by Gasteiger charge is 2.68. The summed E-state index contributed by atoms with van der Waals surface area (Å²) >= 11 is 5.73. The summed E-state index contributed by atoms with van der Waals surface area (Å²) in [5, 5.41) is 0. The maximum atomic E-state index is 6.31. The lowest BCUT2D eigenvalue weighted by Gasteiger charge is -2.64. The molecule has 5 heteroatoms. The molecule has 5 atom stereocenters. The molecule has 5 unspecified atom stereocenters. The van der Waals surface area contributed by atoms with Crippen molar-refractivity contribution in [3.8, 4) is 0 Å². The van der Waals surface area contributed by atoms with Crippen molar-refractivity contribution in [2.45, 2.75) is 64.1 Å². The van der Waals surface area contributed by atoms with Gasteiger partial charge in [-0.05, 0) is 49.9 Å².